The van der Waals surface area contributed by atoms with Gasteiger partial charge in [0.25, 0.3) is 0 Å². The number of H-pyrrole nitrogens is 1. The molecule has 1 aliphatic heterocycles. The summed E-state index contributed by atoms with van der Waals surface area (Å²) in [5.74, 6) is 0.453. The minimum atomic E-state index is -0.325. The Balaban J connectivity index is 1.23. The quantitative estimate of drug-likeness (QED) is 0.638. The van der Waals surface area contributed by atoms with Crippen molar-refractivity contribution in [3.05, 3.63) is 83.4 Å². The highest BCUT2D eigenvalue weighted by atomic mass is 19.1. The van der Waals surface area contributed by atoms with Gasteiger partial charge in [0.1, 0.15) is 0 Å². The van der Waals surface area contributed by atoms with Crippen LogP contribution < -0.4 is 4.74 Å². The minimum absolute atomic E-state index is 0.298. The van der Waals surface area contributed by atoms with Crippen LogP contribution >= 0.6 is 0 Å². The van der Waals surface area contributed by atoms with Gasteiger partial charge in [0, 0.05) is 31.1 Å². The van der Waals surface area contributed by atoms with E-state index in [1.807, 2.05) is 0 Å². The molecule has 1 saturated heterocycles. The smallest absolute Gasteiger partial charge is 0.165 e. The van der Waals surface area contributed by atoms with Gasteiger partial charge in [-0.2, -0.15) is 5.10 Å². The first-order valence-electron chi connectivity index (χ1n) is 9.96. The fourth-order valence-corrected chi connectivity index (χ4v) is 3.76. The lowest BCUT2D eigenvalue weighted by Crippen LogP contribution is -2.23. The topological polar surface area (TPSA) is 41.1 Å². The lowest BCUT2D eigenvalue weighted by molar-refractivity contribution is 0.304. The van der Waals surface area contributed by atoms with Gasteiger partial charge in [0.05, 0.1) is 12.3 Å². The average molecular weight is 379 g/mol. The van der Waals surface area contributed by atoms with E-state index >= 15 is 0 Å². The highest BCUT2D eigenvalue weighted by Crippen LogP contribution is 2.26. The van der Waals surface area contributed by atoms with Crippen molar-refractivity contribution in [2.24, 2.45) is 0 Å². The maximum absolute atomic E-state index is 13.6. The van der Waals surface area contributed by atoms with Crippen LogP contribution in [0.15, 0.2) is 60.7 Å². The molecule has 1 aliphatic rings. The van der Waals surface area contributed by atoms with Crippen LogP contribution in [0.3, 0.4) is 0 Å². The first kappa shape index (κ1) is 18.7. The number of rotatable bonds is 8. The molecule has 0 unspecified atom stereocenters. The van der Waals surface area contributed by atoms with E-state index < -0.39 is 0 Å². The van der Waals surface area contributed by atoms with Gasteiger partial charge >= 0.3 is 0 Å². The van der Waals surface area contributed by atoms with E-state index in [4.69, 9.17) is 4.74 Å². The summed E-state index contributed by atoms with van der Waals surface area (Å²) in [6, 6.07) is 19.3. The van der Waals surface area contributed by atoms with Crippen molar-refractivity contribution in [3.63, 3.8) is 0 Å². The summed E-state index contributed by atoms with van der Waals surface area (Å²) in [4.78, 5) is 2.52. The zero-order valence-corrected chi connectivity index (χ0v) is 16.0. The summed E-state index contributed by atoms with van der Waals surface area (Å²) in [5, 5.41) is 7.63. The third-order valence-electron chi connectivity index (χ3n) is 5.37. The highest BCUT2D eigenvalue weighted by Gasteiger charge is 2.25. The second kappa shape index (κ2) is 9.02. The number of hydrogen-bond acceptors (Lipinski definition) is 3. The molecule has 0 radical (unpaired) electrons. The molecule has 1 aromatic heterocycles. The minimum Gasteiger partial charge on any atom is -0.490 e. The summed E-state index contributed by atoms with van der Waals surface area (Å²) in [6.45, 7) is 3.70. The van der Waals surface area contributed by atoms with E-state index in [1.165, 1.54) is 11.6 Å². The van der Waals surface area contributed by atoms with E-state index in [-0.39, 0.29) is 5.82 Å². The first-order chi connectivity index (χ1) is 13.8. The van der Waals surface area contributed by atoms with E-state index in [0.717, 1.165) is 43.9 Å². The number of halogens is 1. The van der Waals surface area contributed by atoms with Crippen LogP contribution in [0.25, 0.3) is 0 Å². The van der Waals surface area contributed by atoms with Gasteiger partial charge in [-0.15, -0.1) is 0 Å². The molecule has 0 aliphatic carbocycles. The summed E-state index contributed by atoms with van der Waals surface area (Å²) < 4.78 is 19.1. The van der Waals surface area contributed by atoms with Gasteiger partial charge in [-0.3, -0.25) is 5.10 Å². The van der Waals surface area contributed by atoms with Crippen LogP contribution in [0.2, 0.25) is 0 Å². The summed E-state index contributed by atoms with van der Waals surface area (Å²) >= 11 is 0. The molecule has 3 aromatic rings. The Hall–Kier alpha value is -2.66. The lowest BCUT2D eigenvalue weighted by Gasteiger charge is -2.15. The number of nitrogens with one attached hydrogen (secondary N) is 1. The van der Waals surface area contributed by atoms with Crippen LogP contribution in [0.1, 0.15) is 29.3 Å². The number of nitrogens with zero attached hydrogens (tertiary/aromatic N) is 2. The third kappa shape index (κ3) is 4.78. The molecule has 0 bridgehead atoms. The Bertz CT molecular complexity index is 880. The van der Waals surface area contributed by atoms with E-state index in [9.17, 15) is 4.39 Å². The first-order valence-corrected chi connectivity index (χ1v) is 9.96. The monoisotopic (exact) mass is 379 g/mol. The van der Waals surface area contributed by atoms with Crippen molar-refractivity contribution >= 4 is 0 Å². The van der Waals surface area contributed by atoms with Gasteiger partial charge in [-0.25, -0.2) is 4.39 Å². The number of aromatic nitrogens is 2. The van der Waals surface area contributed by atoms with Gasteiger partial charge in [0.2, 0.25) is 0 Å². The van der Waals surface area contributed by atoms with Crippen LogP contribution in [-0.4, -0.2) is 41.3 Å². The molecule has 5 heteroatoms. The molecule has 0 spiro atoms. The molecular formula is C23H26FN3O. The van der Waals surface area contributed by atoms with Crippen molar-refractivity contribution in [3.8, 4) is 5.75 Å². The number of ether oxygens (including phenoxy) is 1. The predicted molar refractivity (Wildman–Crippen MR) is 108 cm³/mol. The number of likely N-dealkylation sites (tertiary alicyclic amines) is 1. The molecule has 0 amide bonds. The predicted octanol–water partition coefficient (Wildman–Crippen LogP) is 4.20. The Labute approximate surface area is 165 Å². The maximum atomic E-state index is 13.6. The average Bonchev–Trinajstić information content (AvgIpc) is 3.38. The second-order valence-electron chi connectivity index (χ2n) is 7.37. The second-order valence-corrected chi connectivity index (χ2v) is 7.37. The standard InChI is InChI=1S/C23H26FN3O/c24-21-8-4-5-9-23(21)28-15-12-20-16-22(26-25-20)19-11-14-27(17-19)13-10-18-6-2-1-3-7-18/h1-9,16,19H,10-15,17H2,(H,25,26)/t19-/m1/s1. The molecule has 1 atom stereocenters. The molecule has 2 aromatic carbocycles. The summed E-state index contributed by atoms with van der Waals surface area (Å²) in [7, 11) is 0. The van der Waals surface area contributed by atoms with E-state index in [0.29, 0.717) is 24.7 Å². The number of benzene rings is 2. The van der Waals surface area contributed by atoms with Crippen molar-refractivity contribution in [1.29, 1.82) is 0 Å². The largest absolute Gasteiger partial charge is 0.490 e. The molecule has 2 heterocycles. The molecule has 146 valence electrons. The molecule has 4 nitrogen and oxygen atoms in total. The number of hydrogen-bond donors (Lipinski definition) is 1. The van der Waals surface area contributed by atoms with Crippen LogP contribution in [-0.2, 0) is 12.8 Å². The van der Waals surface area contributed by atoms with Crippen molar-refractivity contribution in [1.82, 2.24) is 15.1 Å². The zero-order chi connectivity index (χ0) is 19.2. The summed E-state index contributed by atoms with van der Waals surface area (Å²) in [6.07, 6.45) is 2.92. The normalized spacial score (nSPS) is 17.1. The third-order valence-corrected chi connectivity index (χ3v) is 5.37. The Kier molecular flexibility index (Phi) is 6.02. The number of para-hydroxylation sites is 1. The zero-order valence-electron chi connectivity index (χ0n) is 16.0. The molecule has 4 rings (SSSR count). The fourth-order valence-electron chi connectivity index (χ4n) is 3.76. The Morgan fingerprint density at radius 3 is 2.75 bits per heavy atom. The van der Waals surface area contributed by atoms with Gasteiger partial charge in [-0.05, 0) is 43.1 Å². The molecule has 28 heavy (non-hydrogen) atoms. The van der Waals surface area contributed by atoms with Crippen molar-refractivity contribution < 1.29 is 9.13 Å². The van der Waals surface area contributed by atoms with Crippen LogP contribution in [0.4, 0.5) is 4.39 Å². The fraction of sp³-hybridized carbons (Fsp3) is 0.348. The Morgan fingerprint density at radius 1 is 1.07 bits per heavy atom. The van der Waals surface area contributed by atoms with Gasteiger partial charge < -0.3 is 9.64 Å². The van der Waals surface area contributed by atoms with Crippen LogP contribution in [0, 0.1) is 5.82 Å². The van der Waals surface area contributed by atoms with Gasteiger partial charge in [-0.1, -0.05) is 42.5 Å². The van der Waals surface area contributed by atoms with Crippen LogP contribution in [0.5, 0.6) is 5.75 Å². The molecular weight excluding hydrogens is 353 g/mol. The van der Waals surface area contributed by atoms with E-state index in [1.54, 1.807) is 18.2 Å². The molecule has 1 fully saturated rings. The van der Waals surface area contributed by atoms with Gasteiger partial charge in [0.15, 0.2) is 11.6 Å². The van der Waals surface area contributed by atoms with E-state index in [2.05, 4.69) is 51.5 Å². The Morgan fingerprint density at radius 2 is 1.89 bits per heavy atom. The maximum Gasteiger partial charge on any atom is 0.165 e. The summed E-state index contributed by atoms with van der Waals surface area (Å²) in [5.41, 5.74) is 3.56. The van der Waals surface area contributed by atoms with Crippen molar-refractivity contribution in [2.75, 3.05) is 26.2 Å². The highest BCUT2D eigenvalue weighted by molar-refractivity contribution is 5.24. The number of aromatic amines is 1. The molecule has 1 N–H and O–H groups in total. The SMILES string of the molecule is Fc1ccccc1OCCc1cc([C@@H]2CCN(CCc3ccccc3)C2)n[nH]1. The van der Waals surface area contributed by atoms with Crippen molar-refractivity contribution in [2.45, 2.75) is 25.2 Å². The molecule has 0 saturated carbocycles. The lowest BCUT2D eigenvalue weighted by atomic mass is 10.0.